The van der Waals surface area contributed by atoms with E-state index in [1.165, 1.54) is 42.5 Å². The van der Waals surface area contributed by atoms with Gasteiger partial charge in [0.1, 0.15) is 0 Å². The number of hydrogen-bond donors (Lipinski definition) is 3. The lowest BCUT2D eigenvalue weighted by Gasteiger charge is -2.32. The Hall–Kier alpha value is -3.45. The van der Waals surface area contributed by atoms with Crippen molar-refractivity contribution in [1.29, 1.82) is 0 Å². The molecule has 7 heteroatoms. The smallest absolute Gasteiger partial charge is 0.328 e. The highest BCUT2D eigenvalue weighted by Crippen LogP contribution is 2.26. The van der Waals surface area contributed by atoms with Gasteiger partial charge in [-0.25, -0.2) is 9.59 Å². The number of benzene rings is 2. The van der Waals surface area contributed by atoms with E-state index in [4.69, 9.17) is 10.2 Å². The van der Waals surface area contributed by atoms with E-state index in [-0.39, 0.29) is 0 Å². The molecule has 4 rings (SSSR count). The van der Waals surface area contributed by atoms with Gasteiger partial charge in [-0.15, -0.1) is 0 Å². The Kier molecular flexibility index (Phi) is 10.7. The second-order valence-electron chi connectivity index (χ2n) is 9.43. The number of fused-ring (bicyclic) bond motifs is 1. The number of aliphatic carboxylic acids is 2. The summed E-state index contributed by atoms with van der Waals surface area (Å²) in [5.41, 5.74) is 4.82. The number of Topliss-reactive ketones (excluding diaryl/α,β-unsaturated/α-hetero) is 1. The molecule has 0 spiro atoms. The van der Waals surface area contributed by atoms with Crippen LogP contribution in [0.1, 0.15) is 60.0 Å². The van der Waals surface area contributed by atoms with Crippen molar-refractivity contribution in [1.82, 2.24) is 4.90 Å². The van der Waals surface area contributed by atoms with Crippen LogP contribution in [0.2, 0.25) is 0 Å². The second-order valence-corrected chi connectivity index (χ2v) is 9.43. The summed E-state index contributed by atoms with van der Waals surface area (Å²) in [6, 6.07) is 17.0. The van der Waals surface area contributed by atoms with Crippen molar-refractivity contribution in [3.8, 4) is 0 Å². The van der Waals surface area contributed by atoms with E-state index >= 15 is 0 Å². The minimum absolute atomic E-state index is 0.306. The third-order valence-corrected chi connectivity index (χ3v) is 6.72. The number of hydrogen-bond acceptors (Lipinski definition) is 5. The van der Waals surface area contributed by atoms with Gasteiger partial charge in [-0.05, 0) is 74.7 Å². The lowest BCUT2D eigenvalue weighted by molar-refractivity contribution is -0.134. The quantitative estimate of drug-likeness (QED) is 0.351. The van der Waals surface area contributed by atoms with Gasteiger partial charge in [0, 0.05) is 42.9 Å². The van der Waals surface area contributed by atoms with E-state index in [9.17, 15) is 14.4 Å². The molecule has 2 aromatic carbocycles. The molecule has 2 heterocycles. The molecule has 0 amide bonds. The summed E-state index contributed by atoms with van der Waals surface area (Å²) in [6.07, 6.45) is 8.82. The molecule has 3 N–H and O–H groups in total. The van der Waals surface area contributed by atoms with Gasteiger partial charge in [-0.2, -0.15) is 0 Å². The van der Waals surface area contributed by atoms with E-state index in [0.717, 1.165) is 44.6 Å². The minimum atomic E-state index is -1.26. The van der Waals surface area contributed by atoms with Crippen molar-refractivity contribution in [3.63, 3.8) is 0 Å². The molecule has 0 unspecified atom stereocenters. The fraction of sp³-hybridized carbons (Fsp3) is 0.414. The number of rotatable bonds is 8. The summed E-state index contributed by atoms with van der Waals surface area (Å²) in [7, 11) is 0. The third-order valence-electron chi connectivity index (χ3n) is 6.72. The summed E-state index contributed by atoms with van der Waals surface area (Å²) in [6.45, 7) is 4.37. The van der Waals surface area contributed by atoms with Crippen LogP contribution >= 0.6 is 0 Å². The number of carboxylic acids is 2. The molecule has 0 aromatic heterocycles. The molecule has 36 heavy (non-hydrogen) atoms. The molecule has 0 aliphatic carbocycles. The monoisotopic (exact) mass is 492 g/mol. The minimum Gasteiger partial charge on any atom is -0.478 e. The van der Waals surface area contributed by atoms with Crippen molar-refractivity contribution in [2.45, 2.75) is 51.5 Å². The summed E-state index contributed by atoms with van der Waals surface area (Å²) in [4.78, 5) is 34.4. The van der Waals surface area contributed by atoms with Crippen molar-refractivity contribution < 1.29 is 24.6 Å². The highest BCUT2D eigenvalue weighted by atomic mass is 16.4. The molecule has 2 aliphatic rings. The van der Waals surface area contributed by atoms with Gasteiger partial charge in [-0.3, -0.25) is 9.69 Å². The highest BCUT2D eigenvalue weighted by molar-refractivity contribution is 5.97. The van der Waals surface area contributed by atoms with Crippen LogP contribution in [0.15, 0.2) is 60.7 Å². The van der Waals surface area contributed by atoms with Gasteiger partial charge in [0.2, 0.25) is 0 Å². The predicted molar refractivity (Wildman–Crippen MR) is 140 cm³/mol. The maximum Gasteiger partial charge on any atom is 0.328 e. The lowest BCUT2D eigenvalue weighted by Crippen LogP contribution is -2.33. The van der Waals surface area contributed by atoms with Gasteiger partial charge in [-0.1, -0.05) is 42.5 Å². The maximum absolute atomic E-state index is 12.7. The molecule has 1 saturated heterocycles. The molecule has 2 aliphatic heterocycles. The zero-order valence-corrected chi connectivity index (χ0v) is 20.7. The van der Waals surface area contributed by atoms with E-state index in [1.54, 1.807) is 0 Å². The molecular weight excluding hydrogens is 456 g/mol. The van der Waals surface area contributed by atoms with Crippen molar-refractivity contribution in [3.05, 3.63) is 77.4 Å². The fourth-order valence-corrected chi connectivity index (χ4v) is 4.69. The van der Waals surface area contributed by atoms with E-state index in [1.807, 2.05) is 6.07 Å². The largest absolute Gasteiger partial charge is 0.478 e. The predicted octanol–water partition coefficient (Wildman–Crippen LogP) is 5.02. The van der Waals surface area contributed by atoms with E-state index in [2.05, 4.69) is 52.7 Å². The number of ketones is 1. The van der Waals surface area contributed by atoms with Gasteiger partial charge in [0.15, 0.2) is 5.78 Å². The van der Waals surface area contributed by atoms with Crippen molar-refractivity contribution in [2.75, 3.05) is 25.0 Å². The van der Waals surface area contributed by atoms with Crippen LogP contribution in [0.25, 0.3) is 0 Å². The number of piperidine rings is 1. The number of aryl methyl sites for hydroxylation is 1. The zero-order chi connectivity index (χ0) is 25.8. The van der Waals surface area contributed by atoms with Crippen molar-refractivity contribution in [2.24, 2.45) is 5.92 Å². The first-order valence-corrected chi connectivity index (χ1v) is 12.7. The summed E-state index contributed by atoms with van der Waals surface area (Å²) in [5, 5.41) is 19.1. The van der Waals surface area contributed by atoms with Crippen LogP contribution in [0.3, 0.4) is 0 Å². The Morgan fingerprint density at radius 3 is 2.31 bits per heavy atom. The van der Waals surface area contributed by atoms with Gasteiger partial charge in [0.25, 0.3) is 0 Å². The summed E-state index contributed by atoms with van der Waals surface area (Å²) < 4.78 is 0. The number of nitrogens with zero attached hydrogens (tertiary/aromatic N) is 1. The Morgan fingerprint density at radius 1 is 0.944 bits per heavy atom. The average Bonchev–Trinajstić information content (AvgIpc) is 3.13. The normalized spacial score (nSPS) is 16.2. The first kappa shape index (κ1) is 27.1. The van der Waals surface area contributed by atoms with Crippen LogP contribution in [-0.2, 0) is 22.6 Å². The molecule has 0 saturated carbocycles. The first-order valence-electron chi connectivity index (χ1n) is 12.7. The van der Waals surface area contributed by atoms with Crippen molar-refractivity contribution >= 4 is 23.4 Å². The van der Waals surface area contributed by atoms with Gasteiger partial charge < -0.3 is 15.5 Å². The number of carboxylic acid groups (broad SMARTS) is 2. The number of carbonyl (C=O) groups is 3. The molecule has 7 nitrogen and oxygen atoms in total. The third kappa shape index (κ3) is 9.30. The SMILES string of the molecule is O=C(CCC1CCN(Cc2ccccc2)CC1)c1ccc2c(c1)NCCCC2.O=C(O)/C=C/C(=O)O. The molecular formula is C29H36N2O5. The zero-order valence-electron chi connectivity index (χ0n) is 20.7. The Bertz CT molecular complexity index is 1030. The Labute approximate surface area is 212 Å². The summed E-state index contributed by atoms with van der Waals surface area (Å²) >= 11 is 0. The molecule has 0 bridgehead atoms. The Balaban J connectivity index is 0.000000392. The highest BCUT2D eigenvalue weighted by Gasteiger charge is 2.20. The van der Waals surface area contributed by atoms with Crippen LogP contribution in [0.5, 0.6) is 0 Å². The first-order chi connectivity index (χ1) is 17.4. The number of anilines is 1. The van der Waals surface area contributed by atoms with E-state index in [0.29, 0.717) is 30.3 Å². The molecule has 192 valence electrons. The van der Waals surface area contributed by atoms with Gasteiger partial charge >= 0.3 is 11.9 Å². The van der Waals surface area contributed by atoms with Crippen LogP contribution < -0.4 is 5.32 Å². The molecule has 0 atom stereocenters. The maximum atomic E-state index is 12.7. The van der Waals surface area contributed by atoms with Crippen LogP contribution in [0.4, 0.5) is 5.69 Å². The number of nitrogens with one attached hydrogen (secondary N) is 1. The average molecular weight is 493 g/mol. The summed E-state index contributed by atoms with van der Waals surface area (Å²) in [5.74, 6) is -1.52. The second kappa shape index (κ2) is 14.2. The Morgan fingerprint density at radius 2 is 1.64 bits per heavy atom. The molecule has 2 aromatic rings. The number of likely N-dealkylation sites (tertiary alicyclic amines) is 1. The standard InChI is InChI=1S/C25H32N2O.C4H4O4/c28-25(23-11-10-22-8-4-5-15-26-24(22)18-23)12-9-20-13-16-27(17-14-20)19-21-6-2-1-3-7-21;5-3(6)1-2-4(7)8/h1-3,6-7,10-11,18,20,26H,4-5,8-9,12-17,19H2;1-2H,(H,5,6)(H,7,8)/b;2-1+. The fourth-order valence-electron chi connectivity index (χ4n) is 4.69. The van der Waals surface area contributed by atoms with Crippen LogP contribution in [-0.4, -0.2) is 52.5 Å². The van der Waals surface area contributed by atoms with E-state index < -0.39 is 11.9 Å². The van der Waals surface area contributed by atoms with Crippen LogP contribution in [0, 0.1) is 5.92 Å². The van der Waals surface area contributed by atoms with Gasteiger partial charge in [0.05, 0.1) is 0 Å². The lowest BCUT2D eigenvalue weighted by atomic mass is 9.90. The number of carbonyl (C=O) groups excluding carboxylic acids is 1. The molecule has 1 fully saturated rings. The molecule has 0 radical (unpaired) electrons. The topological polar surface area (TPSA) is 107 Å².